The van der Waals surface area contributed by atoms with Crippen molar-refractivity contribution in [1.82, 2.24) is 10.2 Å². The Morgan fingerprint density at radius 3 is 2.67 bits per heavy atom. The van der Waals surface area contributed by atoms with E-state index in [9.17, 15) is 0 Å². The van der Waals surface area contributed by atoms with Gasteiger partial charge in [-0.15, -0.1) is 0 Å². The Bertz CT molecular complexity index is 560. The third kappa shape index (κ3) is 5.37. The molecule has 3 nitrogen and oxygen atoms in total. The monoisotopic (exact) mass is 286 g/mol. The maximum Gasteiger partial charge on any atom is 0.118 e. The minimum absolute atomic E-state index is 0.493. The first-order valence-electron chi connectivity index (χ1n) is 7.56. The summed E-state index contributed by atoms with van der Waals surface area (Å²) in [5.41, 5.74) is 3.86. The van der Waals surface area contributed by atoms with Gasteiger partial charge in [0.05, 0.1) is 12.8 Å². The maximum atomic E-state index is 5.65. The highest BCUT2D eigenvalue weighted by Gasteiger charge is 2.07. The van der Waals surface area contributed by atoms with Crippen LogP contribution >= 0.6 is 0 Å². The van der Waals surface area contributed by atoms with Crippen LogP contribution in [0.3, 0.4) is 0 Å². The number of rotatable bonds is 7. The van der Waals surface area contributed by atoms with Crippen molar-refractivity contribution in [2.75, 3.05) is 7.05 Å². The lowest BCUT2D eigenvalue weighted by Gasteiger charge is -2.15. The van der Waals surface area contributed by atoms with Crippen molar-refractivity contribution in [3.8, 4) is 0 Å². The molecule has 0 atom stereocenters. The van der Waals surface area contributed by atoms with Crippen LogP contribution < -0.4 is 5.32 Å². The minimum Gasteiger partial charge on any atom is -0.468 e. The molecule has 1 N–H and O–H groups in total. The smallest absolute Gasteiger partial charge is 0.118 e. The molecule has 0 bridgehead atoms. The van der Waals surface area contributed by atoms with Crippen LogP contribution in [-0.2, 0) is 19.6 Å². The highest BCUT2D eigenvalue weighted by Crippen LogP contribution is 2.13. The van der Waals surface area contributed by atoms with Crippen molar-refractivity contribution in [3.63, 3.8) is 0 Å². The molecule has 2 rings (SSSR count). The quantitative estimate of drug-likeness (QED) is 0.841. The molecule has 0 unspecified atom stereocenters. The fraction of sp³-hybridized carbons (Fsp3) is 0.444. The first-order valence-corrected chi connectivity index (χ1v) is 7.56. The van der Waals surface area contributed by atoms with E-state index in [-0.39, 0.29) is 0 Å². The lowest BCUT2D eigenvalue weighted by Crippen LogP contribution is -2.21. The van der Waals surface area contributed by atoms with Gasteiger partial charge in [-0.25, -0.2) is 0 Å². The zero-order chi connectivity index (χ0) is 15.2. The average Bonchev–Trinajstić information content (AvgIpc) is 2.83. The second-order valence-electron chi connectivity index (χ2n) is 6.12. The molecule has 0 amide bonds. The van der Waals surface area contributed by atoms with Crippen LogP contribution in [0.4, 0.5) is 0 Å². The van der Waals surface area contributed by atoms with Gasteiger partial charge < -0.3 is 9.73 Å². The molecule has 1 heterocycles. The molecular weight excluding hydrogens is 260 g/mol. The van der Waals surface area contributed by atoms with E-state index in [1.54, 1.807) is 0 Å². The summed E-state index contributed by atoms with van der Waals surface area (Å²) in [6, 6.07) is 11.3. The van der Waals surface area contributed by atoms with Crippen molar-refractivity contribution in [2.45, 2.75) is 46.4 Å². The average molecular weight is 286 g/mol. The molecule has 0 saturated carbocycles. The van der Waals surface area contributed by atoms with E-state index < -0.39 is 0 Å². The summed E-state index contributed by atoms with van der Waals surface area (Å²) in [5, 5.41) is 3.40. The van der Waals surface area contributed by atoms with Crippen LogP contribution in [0.15, 0.2) is 41.0 Å². The van der Waals surface area contributed by atoms with Crippen molar-refractivity contribution >= 4 is 0 Å². The Morgan fingerprint density at radius 1 is 1.14 bits per heavy atom. The third-order valence-corrected chi connectivity index (χ3v) is 3.38. The van der Waals surface area contributed by atoms with Crippen molar-refractivity contribution in [1.29, 1.82) is 0 Å². The largest absolute Gasteiger partial charge is 0.468 e. The standard InChI is InChI=1S/C18H26N2O/c1-14(2)19-10-17-9-18(21-13-17)12-20(4)11-16-7-5-6-15(3)8-16/h5-9,13-14,19H,10-12H2,1-4H3. The van der Waals surface area contributed by atoms with Crippen molar-refractivity contribution < 1.29 is 4.42 Å². The Balaban J connectivity index is 1.86. The highest BCUT2D eigenvalue weighted by atomic mass is 16.3. The third-order valence-electron chi connectivity index (χ3n) is 3.38. The minimum atomic E-state index is 0.493. The predicted molar refractivity (Wildman–Crippen MR) is 87.0 cm³/mol. The molecule has 1 aromatic carbocycles. The Hall–Kier alpha value is -1.58. The van der Waals surface area contributed by atoms with Gasteiger partial charge in [0, 0.05) is 24.7 Å². The van der Waals surface area contributed by atoms with Crippen LogP contribution in [-0.4, -0.2) is 18.0 Å². The number of nitrogens with one attached hydrogen (secondary N) is 1. The van der Waals surface area contributed by atoms with Crippen LogP contribution in [0.25, 0.3) is 0 Å². The van der Waals surface area contributed by atoms with Gasteiger partial charge in [0.2, 0.25) is 0 Å². The van der Waals surface area contributed by atoms with Gasteiger partial charge >= 0.3 is 0 Å². The molecule has 2 aromatic rings. The number of hydrogen-bond acceptors (Lipinski definition) is 3. The highest BCUT2D eigenvalue weighted by molar-refractivity contribution is 5.22. The zero-order valence-corrected chi connectivity index (χ0v) is 13.5. The summed E-state index contributed by atoms with van der Waals surface area (Å²) < 4.78 is 5.65. The molecule has 21 heavy (non-hydrogen) atoms. The molecule has 0 aliphatic carbocycles. The Kier molecular flexibility index (Phi) is 5.59. The van der Waals surface area contributed by atoms with Gasteiger partial charge in [-0.2, -0.15) is 0 Å². The maximum absolute atomic E-state index is 5.65. The van der Waals surface area contributed by atoms with Crippen LogP contribution in [0, 0.1) is 6.92 Å². The molecule has 0 fully saturated rings. The van der Waals surface area contributed by atoms with E-state index in [2.05, 4.69) is 68.4 Å². The summed E-state index contributed by atoms with van der Waals surface area (Å²) in [6.07, 6.45) is 1.85. The molecule has 0 spiro atoms. The fourth-order valence-corrected chi connectivity index (χ4v) is 2.37. The lowest BCUT2D eigenvalue weighted by atomic mass is 10.1. The summed E-state index contributed by atoms with van der Waals surface area (Å²) in [4.78, 5) is 2.27. The first kappa shape index (κ1) is 15.8. The van der Waals surface area contributed by atoms with E-state index in [0.717, 1.165) is 25.4 Å². The van der Waals surface area contributed by atoms with E-state index in [1.807, 2.05) is 6.26 Å². The van der Waals surface area contributed by atoms with Gasteiger partial charge in [-0.1, -0.05) is 43.7 Å². The predicted octanol–water partition coefficient (Wildman–Crippen LogP) is 3.72. The number of aryl methyl sites for hydroxylation is 1. The van der Waals surface area contributed by atoms with Crippen LogP contribution in [0.1, 0.15) is 36.3 Å². The van der Waals surface area contributed by atoms with Gasteiger partial charge in [-0.05, 0) is 25.6 Å². The second kappa shape index (κ2) is 7.43. The molecule has 0 aliphatic heterocycles. The summed E-state index contributed by atoms with van der Waals surface area (Å²) >= 11 is 0. The molecule has 0 radical (unpaired) electrons. The fourth-order valence-electron chi connectivity index (χ4n) is 2.37. The molecule has 0 aliphatic rings. The van der Waals surface area contributed by atoms with E-state index >= 15 is 0 Å². The zero-order valence-electron chi connectivity index (χ0n) is 13.5. The number of hydrogen-bond donors (Lipinski definition) is 1. The van der Waals surface area contributed by atoms with E-state index in [0.29, 0.717) is 6.04 Å². The van der Waals surface area contributed by atoms with Gasteiger partial charge in [0.25, 0.3) is 0 Å². The molecular formula is C18H26N2O. The Labute approximate surface area is 128 Å². The Morgan fingerprint density at radius 2 is 1.95 bits per heavy atom. The molecule has 3 heteroatoms. The summed E-state index contributed by atoms with van der Waals surface area (Å²) in [7, 11) is 2.12. The molecule has 114 valence electrons. The summed E-state index contributed by atoms with van der Waals surface area (Å²) in [5.74, 6) is 1.02. The van der Waals surface area contributed by atoms with Crippen molar-refractivity contribution in [2.24, 2.45) is 0 Å². The van der Waals surface area contributed by atoms with Gasteiger partial charge in [0.15, 0.2) is 0 Å². The first-order chi connectivity index (χ1) is 10.0. The van der Waals surface area contributed by atoms with Crippen molar-refractivity contribution in [3.05, 3.63) is 59.0 Å². The second-order valence-corrected chi connectivity index (χ2v) is 6.12. The lowest BCUT2D eigenvalue weighted by molar-refractivity contribution is 0.288. The van der Waals surface area contributed by atoms with E-state index in [4.69, 9.17) is 4.42 Å². The normalized spacial score (nSPS) is 11.5. The number of nitrogens with zero attached hydrogens (tertiary/aromatic N) is 1. The van der Waals surface area contributed by atoms with Crippen LogP contribution in [0.5, 0.6) is 0 Å². The topological polar surface area (TPSA) is 28.4 Å². The molecule has 1 aromatic heterocycles. The van der Waals surface area contributed by atoms with E-state index in [1.165, 1.54) is 16.7 Å². The molecule has 0 saturated heterocycles. The van der Waals surface area contributed by atoms with Crippen LogP contribution in [0.2, 0.25) is 0 Å². The van der Waals surface area contributed by atoms with Gasteiger partial charge in [-0.3, -0.25) is 4.90 Å². The SMILES string of the molecule is Cc1cccc(CN(C)Cc2cc(CNC(C)C)co2)c1. The number of furan rings is 1. The number of benzene rings is 1. The summed E-state index contributed by atoms with van der Waals surface area (Å²) in [6.45, 7) is 9.05. The van der Waals surface area contributed by atoms with Gasteiger partial charge in [0.1, 0.15) is 5.76 Å².